The summed E-state index contributed by atoms with van der Waals surface area (Å²) >= 11 is 4.44. The summed E-state index contributed by atoms with van der Waals surface area (Å²) in [7, 11) is 1.31. The zero-order chi connectivity index (χ0) is 12.8. The number of methoxy groups -OCH3 is 1. The molecular weight excluding hydrogens is 310 g/mol. The summed E-state index contributed by atoms with van der Waals surface area (Å²) < 4.78 is 5.15. The number of rotatable bonds is 5. The van der Waals surface area contributed by atoms with Crippen molar-refractivity contribution < 1.29 is 14.5 Å². The number of nitrogens with zero attached hydrogens (tertiary/aromatic N) is 1. The van der Waals surface area contributed by atoms with E-state index in [-0.39, 0.29) is 18.1 Å². The van der Waals surface area contributed by atoms with Gasteiger partial charge in [-0.1, -0.05) is 15.9 Å². The molecule has 0 N–H and O–H groups in total. The molecule has 0 spiro atoms. The van der Waals surface area contributed by atoms with Crippen molar-refractivity contribution in [2.75, 3.05) is 12.9 Å². The van der Waals surface area contributed by atoms with Gasteiger partial charge in [-0.15, -0.1) is 11.8 Å². The second kappa shape index (κ2) is 6.61. The third kappa shape index (κ3) is 4.35. The Hall–Kier alpha value is -1.08. The Balaban J connectivity index is 2.70. The van der Waals surface area contributed by atoms with Gasteiger partial charge < -0.3 is 4.74 Å². The van der Waals surface area contributed by atoms with E-state index in [4.69, 9.17) is 0 Å². The summed E-state index contributed by atoms with van der Waals surface area (Å²) in [4.78, 5) is 21.8. The van der Waals surface area contributed by atoms with Crippen LogP contribution in [-0.2, 0) is 9.53 Å². The Bertz CT molecular complexity index is 438. The molecule has 92 valence electrons. The van der Waals surface area contributed by atoms with E-state index in [1.165, 1.54) is 24.9 Å². The second-order valence-electron chi connectivity index (χ2n) is 3.04. The zero-order valence-electron chi connectivity index (χ0n) is 9.01. The Morgan fingerprint density at radius 3 is 2.88 bits per heavy atom. The van der Waals surface area contributed by atoms with Crippen LogP contribution < -0.4 is 0 Å². The summed E-state index contributed by atoms with van der Waals surface area (Å²) in [6, 6.07) is 4.83. The fourth-order valence-corrected chi connectivity index (χ4v) is 2.38. The van der Waals surface area contributed by atoms with Gasteiger partial charge in [0.1, 0.15) is 0 Å². The van der Waals surface area contributed by atoms with Crippen LogP contribution in [0.15, 0.2) is 27.6 Å². The maximum Gasteiger partial charge on any atom is 0.306 e. The minimum atomic E-state index is -0.439. The average molecular weight is 320 g/mol. The number of carbonyl (C=O) groups is 1. The molecule has 0 fully saturated rings. The maximum atomic E-state index is 10.9. The van der Waals surface area contributed by atoms with Crippen LogP contribution in [0.3, 0.4) is 0 Å². The predicted molar refractivity (Wildman–Crippen MR) is 68.2 cm³/mol. The van der Waals surface area contributed by atoms with Gasteiger partial charge in [-0.2, -0.15) is 0 Å². The van der Waals surface area contributed by atoms with Crippen LogP contribution in [0.2, 0.25) is 0 Å². The molecule has 0 aromatic heterocycles. The molecule has 5 nitrogen and oxygen atoms in total. The molecular formula is C10H10BrNO4S. The molecule has 0 aliphatic heterocycles. The lowest BCUT2D eigenvalue weighted by molar-refractivity contribution is -0.387. The van der Waals surface area contributed by atoms with Gasteiger partial charge in [0.2, 0.25) is 0 Å². The van der Waals surface area contributed by atoms with Gasteiger partial charge >= 0.3 is 5.97 Å². The minimum Gasteiger partial charge on any atom is -0.469 e. The number of carbonyl (C=O) groups excluding carboxylic acids is 1. The molecule has 1 rings (SSSR count). The summed E-state index contributed by atoms with van der Waals surface area (Å²) in [5.41, 5.74) is 0.0363. The maximum absolute atomic E-state index is 10.9. The smallest absolute Gasteiger partial charge is 0.306 e. The van der Waals surface area contributed by atoms with E-state index in [1.807, 2.05) is 0 Å². The zero-order valence-corrected chi connectivity index (χ0v) is 11.4. The quantitative estimate of drug-likeness (QED) is 0.361. The molecule has 1 aromatic rings. The van der Waals surface area contributed by atoms with Crippen LogP contribution in [0.25, 0.3) is 0 Å². The number of thioether (sulfide) groups is 1. The molecule has 1 aromatic carbocycles. The Labute approximate surface area is 111 Å². The van der Waals surface area contributed by atoms with Gasteiger partial charge in [0, 0.05) is 16.3 Å². The number of hydrogen-bond acceptors (Lipinski definition) is 5. The molecule has 0 bridgehead atoms. The first-order valence-electron chi connectivity index (χ1n) is 4.68. The molecule has 0 radical (unpaired) electrons. The highest BCUT2D eigenvalue weighted by Crippen LogP contribution is 2.31. The van der Waals surface area contributed by atoms with E-state index in [0.717, 1.165) is 0 Å². The number of hydrogen-bond donors (Lipinski definition) is 0. The summed E-state index contributed by atoms with van der Waals surface area (Å²) in [5.74, 6) is 0.132. The van der Waals surface area contributed by atoms with Crippen LogP contribution in [0, 0.1) is 10.1 Å². The molecule has 0 unspecified atom stereocenters. The number of esters is 1. The normalized spacial score (nSPS) is 10.0. The lowest BCUT2D eigenvalue weighted by atomic mass is 10.3. The molecule has 0 saturated heterocycles. The van der Waals surface area contributed by atoms with Gasteiger partial charge in [0.25, 0.3) is 5.69 Å². The van der Waals surface area contributed by atoms with Gasteiger partial charge in [-0.3, -0.25) is 14.9 Å². The van der Waals surface area contributed by atoms with E-state index in [0.29, 0.717) is 15.1 Å². The van der Waals surface area contributed by atoms with Crippen molar-refractivity contribution in [3.63, 3.8) is 0 Å². The molecule has 0 amide bonds. The van der Waals surface area contributed by atoms with Crippen LogP contribution >= 0.6 is 27.7 Å². The van der Waals surface area contributed by atoms with Crippen LogP contribution in [0.5, 0.6) is 0 Å². The van der Waals surface area contributed by atoms with Crippen LogP contribution in [0.4, 0.5) is 5.69 Å². The molecule has 0 atom stereocenters. The Morgan fingerprint density at radius 2 is 2.29 bits per heavy atom. The first-order chi connectivity index (χ1) is 8.04. The fourth-order valence-electron chi connectivity index (χ4n) is 1.10. The standard InChI is InChI=1S/C10H10BrNO4S/c1-16-10(13)4-5-17-9-3-2-7(11)6-8(9)12(14)15/h2-3,6H,4-5H2,1H3. The van der Waals surface area contributed by atoms with E-state index in [1.54, 1.807) is 12.1 Å². The minimum absolute atomic E-state index is 0.0363. The number of benzene rings is 1. The number of ether oxygens (including phenoxy) is 1. The Kier molecular flexibility index (Phi) is 5.43. The lowest BCUT2D eigenvalue weighted by Crippen LogP contribution is -2.01. The topological polar surface area (TPSA) is 69.4 Å². The third-order valence-electron chi connectivity index (χ3n) is 1.91. The fraction of sp³-hybridized carbons (Fsp3) is 0.300. The molecule has 17 heavy (non-hydrogen) atoms. The van der Waals surface area contributed by atoms with Crippen molar-refractivity contribution in [3.8, 4) is 0 Å². The third-order valence-corrected chi connectivity index (χ3v) is 3.47. The lowest BCUT2D eigenvalue weighted by Gasteiger charge is -2.03. The SMILES string of the molecule is COC(=O)CCSc1ccc(Br)cc1[N+](=O)[O-]. The molecule has 0 aliphatic carbocycles. The van der Waals surface area contributed by atoms with Crippen molar-refractivity contribution in [2.24, 2.45) is 0 Å². The van der Waals surface area contributed by atoms with Crippen molar-refractivity contribution in [1.29, 1.82) is 0 Å². The van der Waals surface area contributed by atoms with E-state index in [2.05, 4.69) is 20.7 Å². The molecule has 0 aliphatic rings. The van der Waals surface area contributed by atoms with Crippen LogP contribution in [-0.4, -0.2) is 23.8 Å². The van der Waals surface area contributed by atoms with Gasteiger partial charge in [0.05, 0.1) is 23.3 Å². The first kappa shape index (κ1) is 14.0. The van der Waals surface area contributed by atoms with E-state index in [9.17, 15) is 14.9 Å². The monoisotopic (exact) mass is 319 g/mol. The average Bonchev–Trinajstić information content (AvgIpc) is 2.30. The highest BCUT2D eigenvalue weighted by Gasteiger charge is 2.14. The summed E-state index contributed by atoms with van der Waals surface area (Å²) in [6.45, 7) is 0. The predicted octanol–water partition coefficient (Wildman–Crippen LogP) is 3.01. The number of nitro benzene ring substituents is 1. The van der Waals surface area contributed by atoms with E-state index >= 15 is 0 Å². The van der Waals surface area contributed by atoms with E-state index < -0.39 is 4.92 Å². The van der Waals surface area contributed by atoms with Crippen molar-refractivity contribution >= 4 is 39.3 Å². The van der Waals surface area contributed by atoms with Crippen LogP contribution in [0.1, 0.15) is 6.42 Å². The number of halogens is 1. The van der Waals surface area contributed by atoms with Crippen molar-refractivity contribution in [2.45, 2.75) is 11.3 Å². The van der Waals surface area contributed by atoms with Gasteiger partial charge in [0.15, 0.2) is 0 Å². The number of nitro groups is 1. The first-order valence-corrected chi connectivity index (χ1v) is 6.46. The second-order valence-corrected chi connectivity index (χ2v) is 5.10. The Morgan fingerprint density at radius 1 is 1.59 bits per heavy atom. The molecule has 0 heterocycles. The molecule has 7 heteroatoms. The van der Waals surface area contributed by atoms with Crippen molar-refractivity contribution in [1.82, 2.24) is 0 Å². The largest absolute Gasteiger partial charge is 0.469 e. The molecule has 0 saturated carbocycles. The summed E-state index contributed by atoms with van der Waals surface area (Å²) in [6.07, 6.45) is 0.231. The highest BCUT2D eigenvalue weighted by atomic mass is 79.9. The van der Waals surface area contributed by atoms with Gasteiger partial charge in [-0.25, -0.2) is 0 Å². The summed E-state index contributed by atoms with van der Waals surface area (Å²) in [5, 5.41) is 10.8. The van der Waals surface area contributed by atoms with Gasteiger partial charge in [-0.05, 0) is 12.1 Å². The van der Waals surface area contributed by atoms with Crippen molar-refractivity contribution in [3.05, 3.63) is 32.8 Å². The highest BCUT2D eigenvalue weighted by molar-refractivity contribution is 9.10.